The van der Waals surface area contributed by atoms with Crippen molar-refractivity contribution in [3.8, 4) is 0 Å². The molecule has 4 nitrogen and oxygen atoms in total. The lowest BCUT2D eigenvalue weighted by Crippen LogP contribution is -2.14. The second kappa shape index (κ2) is 4.18. The summed E-state index contributed by atoms with van der Waals surface area (Å²) >= 11 is 0. The van der Waals surface area contributed by atoms with Gasteiger partial charge in [0.15, 0.2) is 5.82 Å². The van der Waals surface area contributed by atoms with Gasteiger partial charge in [-0.15, -0.1) is 0 Å². The highest BCUT2D eigenvalue weighted by molar-refractivity contribution is 6.04. The maximum absolute atomic E-state index is 12.6. The summed E-state index contributed by atoms with van der Waals surface area (Å²) in [4.78, 5) is 16.5. The molecule has 1 aromatic heterocycles. The minimum atomic E-state index is -4.73. The van der Waals surface area contributed by atoms with Gasteiger partial charge >= 0.3 is 6.18 Å². The van der Waals surface area contributed by atoms with Crippen molar-refractivity contribution in [3.05, 3.63) is 29.1 Å². The number of primary amides is 1. The van der Waals surface area contributed by atoms with Crippen LogP contribution in [0.25, 0.3) is 11.0 Å². The highest BCUT2D eigenvalue weighted by Gasteiger charge is 2.32. The summed E-state index contributed by atoms with van der Waals surface area (Å²) in [5.41, 5.74) is 2.57. The first kappa shape index (κ1) is 13.2. The average molecular weight is 279 g/mol. The van der Waals surface area contributed by atoms with E-state index in [0.29, 0.717) is 12.1 Å². The van der Waals surface area contributed by atoms with E-state index in [-0.39, 0.29) is 11.0 Å². The standard InChI is InChI=1S/C10H6F5N3O/c11-7(12)9-17-5-2-3(10(13,14)15)1-4(8(16)19)6(5)18-9/h1-2,7H,(H2,16,19)(H,17,18). The number of aromatic nitrogens is 2. The highest BCUT2D eigenvalue weighted by atomic mass is 19.4. The maximum atomic E-state index is 12.6. The third kappa shape index (κ3) is 2.35. The fourth-order valence-electron chi connectivity index (χ4n) is 1.59. The number of fused-ring (bicyclic) bond motifs is 1. The minimum absolute atomic E-state index is 0.309. The van der Waals surface area contributed by atoms with Gasteiger partial charge in [0.2, 0.25) is 0 Å². The van der Waals surface area contributed by atoms with Crippen LogP contribution in [-0.2, 0) is 6.18 Å². The number of hydrogen-bond donors (Lipinski definition) is 2. The lowest BCUT2D eigenvalue weighted by molar-refractivity contribution is -0.137. The number of carbonyl (C=O) groups excluding carboxylic acids is 1. The molecule has 19 heavy (non-hydrogen) atoms. The van der Waals surface area contributed by atoms with Gasteiger partial charge in [-0.25, -0.2) is 13.8 Å². The molecule has 0 radical (unpaired) electrons. The van der Waals surface area contributed by atoms with Gasteiger partial charge in [0.1, 0.15) is 5.52 Å². The number of nitrogens with two attached hydrogens (primary N) is 1. The number of imidazole rings is 1. The molecule has 3 N–H and O–H groups in total. The first-order valence-electron chi connectivity index (χ1n) is 4.89. The minimum Gasteiger partial charge on any atom is -0.366 e. The Morgan fingerprint density at radius 2 is 1.95 bits per heavy atom. The van der Waals surface area contributed by atoms with E-state index in [1.54, 1.807) is 0 Å². The van der Waals surface area contributed by atoms with Crippen LogP contribution in [0, 0.1) is 0 Å². The van der Waals surface area contributed by atoms with E-state index in [0.717, 1.165) is 0 Å². The monoisotopic (exact) mass is 279 g/mol. The Hall–Kier alpha value is -2.19. The van der Waals surface area contributed by atoms with Crippen molar-refractivity contribution in [2.75, 3.05) is 0 Å². The molecule has 9 heteroatoms. The Morgan fingerprint density at radius 1 is 1.32 bits per heavy atom. The number of hydrogen-bond acceptors (Lipinski definition) is 2. The fourth-order valence-corrected chi connectivity index (χ4v) is 1.59. The topological polar surface area (TPSA) is 71.8 Å². The second-order valence-electron chi connectivity index (χ2n) is 3.70. The normalized spacial score (nSPS) is 12.3. The number of nitrogens with one attached hydrogen (secondary N) is 1. The molecule has 0 spiro atoms. The molecule has 0 bridgehead atoms. The number of carbonyl (C=O) groups is 1. The van der Waals surface area contributed by atoms with E-state index in [2.05, 4.69) is 4.98 Å². The predicted molar refractivity (Wildman–Crippen MR) is 54.6 cm³/mol. The first-order chi connectivity index (χ1) is 8.70. The molecule has 1 heterocycles. The summed E-state index contributed by atoms with van der Waals surface area (Å²) in [6.07, 6.45) is -7.73. The van der Waals surface area contributed by atoms with Gasteiger partial charge in [0.25, 0.3) is 12.3 Å². The van der Waals surface area contributed by atoms with Crippen LogP contribution < -0.4 is 5.73 Å². The molecule has 0 fully saturated rings. The Kier molecular flexibility index (Phi) is 2.91. The number of H-pyrrole nitrogens is 1. The highest BCUT2D eigenvalue weighted by Crippen LogP contribution is 2.33. The SMILES string of the molecule is NC(=O)c1cc(C(F)(F)F)cc2[nH]c(C(F)F)nc12. The van der Waals surface area contributed by atoms with Crippen molar-refractivity contribution in [1.82, 2.24) is 9.97 Å². The maximum Gasteiger partial charge on any atom is 0.416 e. The van der Waals surface area contributed by atoms with Gasteiger partial charge in [-0.1, -0.05) is 0 Å². The molecule has 0 aliphatic carbocycles. The molecule has 1 aromatic carbocycles. The van der Waals surface area contributed by atoms with Crippen molar-refractivity contribution in [3.63, 3.8) is 0 Å². The van der Waals surface area contributed by atoms with Gasteiger partial charge in [0, 0.05) is 0 Å². The van der Waals surface area contributed by atoms with Crippen LogP contribution in [0.5, 0.6) is 0 Å². The van der Waals surface area contributed by atoms with Crippen LogP contribution in [-0.4, -0.2) is 15.9 Å². The van der Waals surface area contributed by atoms with Crippen molar-refractivity contribution >= 4 is 16.9 Å². The number of rotatable bonds is 2. The van der Waals surface area contributed by atoms with Gasteiger partial charge < -0.3 is 10.7 Å². The predicted octanol–water partition coefficient (Wildman–Crippen LogP) is 2.62. The largest absolute Gasteiger partial charge is 0.416 e. The van der Waals surface area contributed by atoms with E-state index >= 15 is 0 Å². The van der Waals surface area contributed by atoms with E-state index in [1.807, 2.05) is 4.98 Å². The molecule has 0 saturated heterocycles. The summed E-state index contributed by atoms with van der Waals surface area (Å²) in [5, 5.41) is 0. The quantitative estimate of drug-likeness (QED) is 0.829. The molecule has 2 rings (SSSR count). The van der Waals surface area contributed by atoms with Gasteiger partial charge in [0.05, 0.1) is 16.6 Å². The van der Waals surface area contributed by atoms with Crippen molar-refractivity contribution < 1.29 is 26.7 Å². The van der Waals surface area contributed by atoms with Crippen LogP contribution in [0.15, 0.2) is 12.1 Å². The zero-order valence-corrected chi connectivity index (χ0v) is 9.05. The Labute approximate surface area is 102 Å². The summed E-state index contributed by atoms with van der Waals surface area (Å²) in [7, 11) is 0. The van der Waals surface area contributed by atoms with E-state index in [1.165, 1.54) is 0 Å². The van der Waals surface area contributed by atoms with E-state index in [4.69, 9.17) is 5.73 Å². The smallest absolute Gasteiger partial charge is 0.366 e. The third-order valence-corrected chi connectivity index (χ3v) is 2.40. The summed E-state index contributed by atoms with van der Waals surface area (Å²) in [6, 6.07) is 1.08. The lowest BCUT2D eigenvalue weighted by atomic mass is 10.1. The van der Waals surface area contributed by atoms with Crippen molar-refractivity contribution in [2.45, 2.75) is 12.6 Å². The second-order valence-corrected chi connectivity index (χ2v) is 3.70. The number of aromatic amines is 1. The molecule has 0 aliphatic rings. The van der Waals surface area contributed by atoms with E-state index < -0.39 is 35.5 Å². The third-order valence-electron chi connectivity index (χ3n) is 2.40. The molecular weight excluding hydrogens is 273 g/mol. The van der Waals surface area contributed by atoms with Crippen LogP contribution in [0.2, 0.25) is 0 Å². The summed E-state index contributed by atoms with van der Waals surface area (Å²) < 4.78 is 62.7. The van der Waals surface area contributed by atoms with Gasteiger partial charge in [-0.3, -0.25) is 4.79 Å². The van der Waals surface area contributed by atoms with Crippen molar-refractivity contribution in [1.29, 1.82) is 0 Å². The number of nitrogens with zero attached hydrogens (tertiary/aromatic N) is 1. The average Bonchev–Trinajstić information content (AvgIpc) is 2.69. The summed E-state index contributed by atoms with van der Waals surface area (Å²) in [5.74, 6) is -2.00. The number of halogens is 5. The Bertz CT molecular complexity index is 646. The number of alkyl halides is 5. The molecule has 0 saturated carbocycles. The molecule has 0 aliphatic heterocycles. The van der Waals surface area contributed by atoms with Crippen LogP contribution in [0.3, 0.4) is 0 Å². The molecule has 102 valence electrons. The van der Waals surface area contributed by atoms with Gasteiger partial charge in [-0.05, 0) is 12.1 Å². The van der Waals surface area contributed by atoms with E-state index in [9.17, 15) is 26.7 Å². The first-order valence-corrected chi connectivity index (χ1v) is 4.89. The summed E-state index contributed by atoms with van der Waals surface area (Å²) in [6.45, 7) is 0. The molecule has 0 unspecified atom stereocenters. The number of amides is 1. The zero-order valence-electron chi connectivity index (χ0n) is 9.05. The fraction of sp³-hybridized carbons (Fsp3) is 0.200. The molecular formula is C10H6F5N3O. The van der Waals surface area contributed by atoms with Crippen LogP contribution in [0.1, 0.15) is 28.2 Å². The molecule has 0 atom stereocenters. The van der Waals surface area contributed by atoms with Crippen LogP contribution in [0.4, 0.5) is 22.0 Å². The number of benzene rings is 1. The van der Waals surface area contributed by atoms with Crippen LogP contribution >= 0.6 is 0 Å². The van der Waals surface area contributed by atoms with Gasteiger partial charge in [-0.2, -0.15) is 13.2 Å². The Balaban J connectivity index is 2.76. The zero-order chi connectivity index (χ0) is 14.4. The van der Waals surface area contributed by atoms with Crippen molar-refractivity contribution in [2.24, 2.45) is 5.73 Å². The molecule has 2 aromatic rings. The Morgan fingerprint density at radius 3 is 2.42 bits per heavy atom. The lowest BCUT2D eigenvalue weighted by Gasteiger charge is -2.07. The molecule has 1 amide bonds.